The molecule has 2 rings (SSSR count). The Balaban J connectivity index is 2.84. The Morgan fingerprint density at radius 1 is 0.914 bits per heavy atom. The fourth-order valence-corrected chi connectivity index (χ4v) is 4.53. The van der Waals surface area contributed by atoms with Crippen LogP contribution in [0.5, 0.6) is 5.75 Å². The molecular formula is C22H34N2O9P2. The minimum absolute atomic E-state index is 0.219. The average molecular weight is 532 g/mol. The molecule has 0 aliphatic heterocycles. The highest BCUT2D eigenvalue weighted by Gasteiger charge is 2.33. The molecule has 1 aromatic carbocycles. The summed E-state index contributed by atoms with van der Waals surface area (Å²) < 4.78 is 63.7. The highest BCUT2D eigenvalue weighted by Crippen LogP contribution is 2.53. The molecule has 0 aliphatic rings. The first kappa shape index (κ1) is 29.1. The number of nitrogens with zero attached hydrogens (tertiary/aromatic N) is 2. The van der Waals surface area contributed by atoms with Gasteiger partial charge in [-0.25, -0.2) is 13.8 Å². The van der Waals surface area contributed by atoms with Gasteiger partial charge in [0.1, 0.15) is 17.2 Å². The second kappa shape index (κ2) is 11.3. The van der Waals surface area contributed by atoms with Crippen molar-refractivity contribution in [2.24, 2.45) is 5.41 Å². The van der Waals surface area contributed by atoms with Crippen LogP contribution in [0, 0.1) is 5.41 Å². The smallest absolute Gasteiger partial charge is 0.497 e. The van der Waals surface area contributed by atoms with Gasteiger partial charge >= 0.3 is 15.6 Å². The van der Waals surface area contributed by atoms with Gasteiger partial charge in [-0.3, -0.25) is 18.1 Å². The predicted octanol–water partition coefficient (Wildman–Crippen LogP) is 6.48. The Labute approximate surface area is 206 Å². The third kappa shape index (κ3) is 6.76. The summed E-state index contributed by atoms with van der Waals surface area (Å²) in [7, 11) is -1.24. The van der Waals surface area contributed by atoms with Gasteiger partial charge in [-0.15, -0.1) is 0 Å². The Hall–Kier alpha value is -2.13. The lowest BCUT2D eigenvalue weighted by Gasteiger charge is -2.25. The summed E-state index contributed by atoms with van der Waals surface area (Å²) in [6.07, 6.45) is 1.57. The van der Waals surface area contributed by atoms with Crippen molar-refractivity contribution < 1.29 is 41.0 Å². The molecule has 0 fully saturated rings. The SMILES string of the molecule is COc1ccc2c(C(OP(=O)(OC)OC)=C(C)C)nn(/C=C(\OP(=O)(OC)OC)C(C)(C)C)c2c1. The van der Waals surface area contributed by atoms with Crippen molar-refractivity contribution in [1.82, 2.24) is 9.78 Å². The van der Waals surface area contributed by atoms with E-state index in [4.69, 9.17) is 37.0 Å². The van der Waals surface area contributed by atoms with Crippen LogP contribution in [0.1, 0.15) is 40.3 Å². The molecule has 0 amide bonds. The van der Waals surface area contributed by atoms with Gasteiger partial charge in [0, 0.05) is 45.3 Å². The number of hydrogen-bond acceptors (Lipinski definition) is 10. The van der Waals surface area contributed by atoms with E-state index in [0.29, 0.717) is 27.9 Å². The van der Waals surface area contributed by atoms with Crippen LogP contribution in [0.15, 0.2) is 29.5 Å². The number of allylic oxidation sites excluding steroid dienone is 2. The normalized spacial score (nSPS) is 13.1. The number of rotatable bonds is 11. The van der Waals surface area contributed by atoms with E-state index in [1.54, 1.807) is 45.4 Å². The molecule has 0 atom stereocenters. The second-order valence-corrected chi connectivity index (χ2v) is 12.2. The number of phosphoric ester groups is 2. The molecule has 2 aromatic rings. The standard InChI is InChI=1S/C22H34N2O9P2/c1-15(2)21(33-35(26,30-9)31-10)20-17-12-11-16(27-6)13-18(17)24(23-20)14-19(22(3,4)5)32-34(25,28-7)29-8/h11-14H,1-10H3/b19-14-. The maximum atomic E-state index is 12.8. The van der Waals surface area contributed by atoms with Crippen LogP contribution >= 0.6 is 15.6 Å². The largest absolute Gasteiger partial charge is 0.529 e. The van der Waals surface area contributed by atoms with E-state index in [9.17, 15) is 9.13 Å². The molecule has 11 nitrogen and oxygen atoms in total. The number of fused-ring (bicyclic) bond motifs is 1. The molecule has 13 heteroatoms. The van der Waals surface area contributed by atoms with Gasteiger partial charge in [0.25, 0.3) is 0 Å². The zero-order valence-electron chi connectivity index (χ0n) is 21.8. The molecule has 35 heavy (non-hydrogen) atoms. The third-order valence-electron chi connectivity index (χ3n) is 4.87. The van der Waals surface area contributed by atoms with E-state index in [0.717, 1.165) is 0 Å². The Kier molecular flexibility index (Phi) is 9.39. The Bertz CT molecular complexity index is 1190. The summed E-state index contributed by atoms with van der Waals surface area (Å²) in [6, 6.07) is 5.33. The first-order valence-electron chi connectivity index (χ1n) is 10.5. The molecule has 0 saturated carbocycles. The molecule has 0 saturated heterocycles. The number of aromatic nitrogens is 2. The van der Waals surface area contributed by atoms with Crippen molar-refractivity contribution in [1.29, 1.82) is 0 Å². The molecule has 0 spiro atoms. The Morgan fingerprint density at radius 2 is 1.46 bits per heavy atom. The lowest BCUT2D eigenvalue weighted by molar-refractivity contribution is 0.160. The summed E-state index contributed by atoms with van der Waals surface area (Å²) in [4.78, 5) is 0. The van der Waals surface area contributed by atoms with Crippen LogP contribution in [0.25, 0.3) is 22.9 Å². The number of phosphoric acid groups is 2. The summed E-state index contributed by atoms with van der Waals surface area (Å²) in [6.45, 7) is 9.19. The zero-order valence-corrected chi connectivity index (χ0v) is 23.6. The topological polar surface area (TPSA) is 117 Å². The fourth-order valence-electron chi connectivity index (χ4n) is 2.88. The van der Waals surface area contributed by atoms with Crippen molar-refractivity contribution in [2.75, 3.05) is 35.5 Å². The zero-order chi connectivity index (χ0) is 26.6. The van der Waals surface area contributed by atoms with Crippen LogP contribution in [0.2, 0.25) is 0 Å². The lowest BCUT2D eigenvalue weighted by atomic mass is 9.94. The molecule has 1 heterocycles. The van der Waals surface area contributed by atoms with Crippen LogP contribution < -0.4 is 4.74 Å². The van der Waals surface area contributed by atoms with Crippen molar-refractivity contribution in [3.63, 3.8) is 0 Å². The van der Waals surface area contributed by atoms with E-state index in [-0.39, 0.29) is 11.5 Å². The fraction of sp³-hybridized carbons (Fsp3) is 0.500. The molecule has 0 aliphatic carbocycles. The van der Waals surface area contributed by atoms with Gasteiger partial charge in [0.05, 0.1) is 18.8 Å². The summed E-state index contributed by atoms with van der Waals surface area (Å²) >= 11 is 0. The second-order valence-electron chi connectivity index (χ2n) is 8.56. The first-order valence-corrected chi connectivity index (χ1v) is 13.5. The third-order valence-corrected chi connectivity index (χ3v) is 7.49. The quantitative estimate of drug-likeness (QED) is 0.235. The number of hydrogen-bond donors (Lipinski definition) is 0. The van der Waals surface area contributed by atoms with Crippen LogP contribution in [-0.4, -0.2) is 45.3 Å². The number of ether oxygens (including phenoxy) is 1. The minimum Gasteiger partial charge on any atom is -0.497 e. The van der Waals surface area contributed by atoms with Gasteiger partial charge in [-0.1, -0.05) is 20.8 Å². The van der Waals surface area contributed by atoms with Crippen molar-refractivity contribution in [3.05, 3.63) is 35.2 Å². The first-order chi connectivity index (χ1) is 16.3. The van der Waals surface area contributed by atoms with Crippen molar-refractivity contribution in [3.8, 4) is 5.75 Å². The molecule has 1 aromatic heterocycles. The van der Waals surface area contributed by atoms with Gasteiger partial charge in [-0.05, 0) is 31.6 Å². The van der Waals surface area contributed by atoms with Crippen molar-refractivity contribution in [2.45, 2.75) is 34.6 Å². The highest BCUT2D eigenvalue weighted by molar-refractivity contribution is 7.49. The predicted molar refractivity (Wildman–Crippen MR) is 134 cm³/mol. The van der Waals surface area contributed by atoms with Crippen LogP contribution in [0.4, 0.5) is 0 Å². The van der Waals surface area contributed by atoms with Crippen LogP contribution in [-0.2, 0) is 36.3 Å². The number of methoxy groups -OCH3 is 1. The lowest BCUT2D eigenvalue weighted by Crippen LogP contribution is -2.14. The van der Waals surface area contributed by atoms with Crippen molar-refractivity contribution >= 4 is 38.5 Å². The highest BCUT2D eigenvalue weighted by atomic mass is 31.2. The van der Waals surface area contributed by atoms with E-state index >= 15 is 0 Å². The monoisotopic (exact) mass is 532 g/mol. The molecule has 0 unspecified atom stereocenters. The molecule has 0 radical (unpaired) electrons. The summed E-state index contributed by atoms with van der Waals surface area (Å²) in [5.74, 6) is 1.08. The summed E-state index contributed by atoms with van der Waals surface area (Å²) in [5.41, 5.74) is 1.06. The minimum atomic E-state index is -3.87. The van der Waals surface area contributed by atoms with E-state index in [1.807, 2.05) is 20.8 Å². The van der Waals surface area contributed by atoms with Gasteiger partial charge in [-0.2, -0.15) is 5.10 Å². The Morgan fingerprint density at radius 3 is 1.91 bits per heavy atom. The maximum absolute atomic E-state index is 12.8. The maximum Gasteiger partial charge on any atom is 0.529 e. The molecular weight excluding hydrogens is 498 g/mol. The average Bonchev–Trinajstić information content (AvgIpc) is 3.18. The molecule has 0 N–H and O–H groups in total. The van der Waals surface area contributed by atoms with Gasteiger partial charge in [0.15, 0.2) is 5.76 Å². The molecule has 0 bridgehead atoms. The van der Waals surface area contributed by atoms with E-state index in [2.05, 4.69) is 0 Å². The molecule has 196 valence electrons. The van der Waals surface area contributed by atoms with E-state index in [1.165, 1.54) is 33.1 Å². The van der Waals surface area contributed by atoms with Crippen LogP contribution in [0.3, 0.4) is 0 Å². The van der Waals surface area contributed by atoms with E-state index < -0.39 is 21.1 Å². The van der Waals surface area contributed by atoms with Gasteiger partial charge < -0.3 is 13.8 Å². The summed E-state index contributed by atoms with van der Waals surface area (Å²) in [5, 5.41) is 5.35. The number of benzene rings is 1. The van der Waals surface area contributed by atoms with Gasteiger partial charge in [0.2, 0.25) is 0 Å².